The first kappa shape index (κ1) is 14.6. The first-order valence-electron chi connectivity index (χ1n) is 8.05. The van der Waals surface area contributed by atoms with Gasteiger partial charge in [0.15, 0.2) is 0 Å². The Morgan fingerprint density at radius 2 is 2.05 bits per heavy atom. The van der Waals surface area contributed by atoms with Crippen LogP contribution in [0.15, 0.2) is 18.2 Å². The lowest BCUT2D eigenvalue weighted by molar-refractivity contribution is -0.122. The standard InChI is InChI=1S/C18H25NO2/c1-11-3-4-12(2)15(7-11)9-17(21)19-18-14-6-5-13(8-14)16(18)10-20/h3-4,7,13-14,16,18,20H,5-6,8-10H2,1-2H3,(H,19,21). The normalized spacial score (nSPS) is 30.6. The molecule has 2 aliphatic carbocycles. The predicted molar refractivity (Wildman–Crippen MR) is 83.0 cm³/mol. The van der Waals surface area contributed by atoms with E-state index in [0.717, 1.165) is 5.56 Å². The Morgan fingerprint density at radius 1 is 1.29 bits per heavy atom. The van der Waals surface area contributed by atoms with Crippen LogP contribution in [-0.4, -0.2) is 23.7 Å². The molecule has 0 radical (unpaired) electrons. The third-order valence-corrected chi connectivity index (χ3v) is 5.48. The van der Waals surface area contributed by atoms with Gasteiger partial charge in [-0.05, 0) is 56.1 Å². The van der Waals surface area contributed by atoms with Gasteiger partial charge in [-0.25, -0.2) is 0 Å². The molecule has 4 unspecified atom stereocenters. The van der Waals surface area contributed by atoms with Crippen molar-refractivity contribution in [1.29, 1.82) is 0 Å². The SMILES string of the molecule is Cc1ccc(C)c(CC(=O)NC2C3CCC(C3)C2CO)c1. The van der Waals surface area contributed by atoms with Crippen LogP contribution in [0.4, 0.5) is 0 Å². The minimum Gasteiger partial charge on any atom is -0.396 e. The van der Waals surface area contributed by atoms with E-state index in [4.69, 9.17) is 0 Å². The number of hydrogen-bond donors (Lipinski definition) is 2. The molecule has 3 heteroatoms. The van der Waals surface area contributed by atoms with Crippen molar-refractivity contribution in [2.45, 2.75) is 45.6 Å². The van der Waals surface area contributed by atoms with Crippen molar-refractivity contribution in [3.8, 4) is 0 Å². The smallest absolute Gasteiger partial charge is 0.224 e. The van der Waals surface area contributed by atoms with Crippen LogP contribution in [0.1, 0.15) is 36.0 Å². The third kappa shape index (κ3) is 2.84. The molecule has 2 bridgehead atoms. The summed E-state index contributed by atoms with van der Waals surface area (Å²) in [5, 5.41) is 12.8. The Hall–Kier alpha value is -1.35. The lowest BCUT2D eigenvalue weighted by Crippen LogP contribution is -2.45. The van der Waals surface area contributed by atoms with Gasteiger partial charge < -0.3 is 10.4 Å². The van der Waals surface area contributed by atoms with Gasteiger partial charge in [-0.3, -0.25) is 4.79 Å². The highest BCUT2D eigenvalue weighted by atomic mass is 16.3. The van der Waals surface area contributed by atoms with Crippen LogP contribution in [0.25, 0.3) is 0 Å². The Labute approximate surface area is 126 Å². The average Bonchev–Trinajstić information content (AvgIpc) is 3.03. The number of aliphatic hydroxyl groups is 1. The minimum absolute atomic E-state index is 0.0969. The average molecular weight is 287 g/mol. The monoisotopic (exact) mass is 287 g/mol. The molecule has 114 valence electrons. The van der Waals surface area contributed by atoms with Crippen LogP contribution in [0.2, 0.25) is 0 Å². The van der Waals surface area contributed by atoms with Crippen LogP contribution < -0.4 is 5.32 Å². The third-order valence-electron chi connectivity index (χ3n) is 5.48. The molecular formula is C18H25NO2. The van der Waals surface area contributed by atoms with E-state index in [-0.39, 0.29) is 24.5 Å². The summed E-state index contributed by atoms with van der Waals surface area (Å²) in [6.07, 6.45) is 4.05. The molecule has 2 fully saturated rings. The van der Waals surface area contributed by atoms with Gasteiger partial charge in [0, 0.05) is 18.6 Å². The number of aryl methyl sites for hydroxylation is 2. The van der Waals surface area contributed by atoms with Crippen LogP contribution in [0, 0.1) is 31.6 Å². The summed E-state index contributed by atoms with van der Waals surface area (Å²) in [7, 11) is 0. The maximum atomic E-state index is 12.4. The first-order valence-corrected chi connectivity index (χ1v) is 8.05. The highest BCUT2D eigenvalue weighted by Crippen LogP contribution is 2.48. The van der Waals surface area contributed by atoms with Crippen molar-refractivity contribution in [3.05, 3.63) is 34.9 Å². The molecule has 2 N–H and O–H groups in total. The second kappa shape index (κ2) is 5.80. The minimum atomic E-state index is 0.0969. The van der Waals surface area contributed by atoms with Crippen molar-refractivity contribution in [2.75, 3.05) is 6.61 Å². The summed E-state index contributed by atoms with van der Waals surface area (Å²) in [6.45, 7) is 4.31. The van der Waals surface area contributed by atoms with Gasteiger partial charge >= 0.3 is 0 Å². The van der Waals surface area contributed by atoms with E-state index in [1.807, 2.05) is 0 Å². The summed E-state index contributed by atoms with van der Waals surface area (Å²) in [4.78, 5) is 12.4. The summed E-state index contributed by atoms with van der Waals surface area (Å²) in [5.74, 6) is 1.56. The largest absolute Gasteiger partial charge is 0.396 e. The van der Waals surface area contributed by atoms with Crippen molar-refractivity contribution >= 4 is 5.91 Å². The van der Waals surface area contributed by atoms with E-state index >= 15 is 0 Å². The fourth-order valence-corrected chi connectivity index (χ4v) is 4.30. The van der Waals surface area contributed by atoms with Gasteiger partial charge in [0.1, 0.15) is 0 Å². The Balaban J connectivity index is 1.65. The van der Waals surface area contributed by atoms with Crippen molar-refractivity contribution in [3.63, 3.8) is 0 Å². The number of aliphatic hydroxyl groups excluding tert-OH is 1. The van der Waals surface area contributed by atoms with Crippen LogP contribution in [0.3, 0.4) is 0 Å². The lowest BCUT2D eigenvalue weighted by Gasteiger charge is -2.30. The first-order chi connectivity index (χ1) is 10.1. The second-order valence-electron chi connectivity index (χ2n) is 6.88. The maximum absolute atomic E-state index is 12.4. The molecule has 1 aromatic rings. The summed E-state index contributed by atoms with van der Waals surface area (Å²) in [5.41, 5.74) is 3.47. The van der Waals surface area contributed by atoms with E-state index in [0.29, 0.717) is 18.3 Å². The lowest BCUT2D eigenvalue weighted by atomic mass is 9.85. The molecule has 1 amide bonds. The van der Waals surface area contributed by atoms with Gasteiger partial charge in [0.25, 0.3) is 0 Å². The number of benzene rings is 1. The van der Waals surface area contributed by atoms with Crippen molar-refractivity contribution in [2.24, 2.45) is 17.8 Å². The van der Waals surface area contributed by atoms with Crippen LogP contribution in [-0.2, 0) is 11.2 Å². The van der Waals surface area contributed by atoms with E-state index in [9.17, 15) is 9.90 Å². The van der Waals surface area contributed by atoms with E-state index in [1.54, 1.807) is 0 Å². The molecular weight excluding hydrogens is 262 g/mol. The van der Waals surface area contributed by atoms with Gasteiger partial charge in [0.2, 0.25) is 5.91 Å². The zero-order valence-corrected chi connectivity index (χ0v) is 12.9. The molecule has 1 aromatic carbocycles. The highest BCUT2D eigenvalue weighted by molar-refractivity contribution is 5.79. The molecule has 0 aromatic heterocycles. The fourth-order valence-electron chi connectivity index (χ4n) is 4.30. The Kier molecular flexibility index (Phi) is 4.03. The number of amides is 1. The number of hydrogen-bond acceptors (Lipinski definition) is 2. The Morgan fingerprint density at radius 3 is 2.81 bits per heavy atom. The number of rotatable bonds is 4. The molecule has 21 heavy (non-hydrogen) atoms. The van der Waals surface area contributed by atoms with Gasteiger partial charge in [-0.1, -0.05) is 23.8 Å². The summed E-state index contributed by atoms with van der Waals surface area (Å²) >= 11 is 0. The molecule has 0 aliphatic heterocycles. The molecule has 2 saturated carbocycles. The summed E-state index contributed by atoms with van der Waals surface area (Å²) in [6, 6.07) is 6.44. The molecule has 0 spiro atoms. The van der Waals surface area contributed by atoms with E-state index in [2.05, 4.69) is 37.4 Å². The molecule has 0 saturated heterocycles. The number of carbonyl (C=O) groups is 1. The van der Waals surface area contributed by atoms with Gasteiger partial charge in [0.05, 0.1) is 6.42 Å². The predicted octanol–water partition coefficient (Wildman–Crippen LogP) is 2.37. The van der Waals surface area contributed by atoms with E-state index in [1.165, 1.54) is 30.4 Å². The molecule has 3 nitrogen and oxygen atoms in total. The van der Waals surface area contributed by atoms with Crippen molar-refractivity contribution in [1.82, 2.24) is 5.32 Å². The number of fused-ring (bicyclic) bond motifs is 2. The second-order valence-corrected chi connectivity index (χ2v) is 6.88. The number of carbonyl (C=O) groups excluding carboxylic acids is 1. The quantitative estimate of drug-likeness (QED) is 0.893. The molecule has 2 aliphatic rings. The van der Waals surface area contributed by atoms with Gasteiger partial charge in [-0.15, -0.1) is 0 Å². The highest BCUT2D eigenvalue weighted by Gasteiger charge is 2.47. The zero-order chi connectivity index (χ0) is 15.0. The van der Waals surface area contributed by atoms with E-state index < -0.39 is 0 Å². The topological polar surface area (TPSA) is 49.3 Å². The zero-order valence-electron chi connectivity index (χ0n) is 12.9. The fraction of sp³-hybridized carbons (Fsp3) is 0.611. The number of nitrogens with one attached hydrogen (secondary N) is 1. The van der Waals surface area contributed by atoms with Crippen LogP contribution >= 0.6 is 0 Å². The molecule has 4 atom stereocenters. The Bertz CT molecular complexity index is 540. The molecule has 3 rings (SSSR count). The summed E-state index contributed by atoms with van der Waals surface area (Å²) < 4.78 is 0. The van der Waals surface area contributed by atoms with Crippen LogP contribution in [0.5, 0.6) is 0 Å². The van der Waals surface area contributed by atoms with Gasteiger partial charge in [-0.2, -0.15) is 0 Å². The molecule has 0 heterocycles. The maximum Gasteiger partial charge on any atom is 0.224 e. The van der Waals surface area contributed by atoms with Crippen molar-refractivity contribution < 1.29 is 9.90 Å².